The Hall–Kier alpha value is -2.77. The molecule has 0 spiro atoms. The van der Waals surface area contributed by atoms with Crippen LogP contribution >= 0.6 is 0 Å². The number of amides is 3. The standard InChI is InChI=1S/C13H13N5O3/c1-13(2)12(21)14-10(19)6-18(13)11(20)7-3-4-8-9(5-7)16-17-15-8/h3-5H,6H2,1-2H3,(H,14,19,21)(H,15,16,17). The van der Waals surface area contributed by atoms with Gasteiger partial charge in [0.1, 0.15) is 23.1 Å². The summed E-state index contributed by atoms with van der Waals surface area (Å²) in [6.45, 7) is 3.04. The molecule has 0 saturated carbocycles. The SMILES string of the molecule is CC1(C)C(=O)NC(=O)CN1C(=O)c1ccc2n[nH]nc2c1. The Balaban J connectivity index is 1.99. The van der Waals surface area contributed by atoms with Crippen LogP contribution in [0.3, 0.4) is 0 Å². The predicted octanol–water partition coefficient (Wildman–Crippen LogP) is -0.165. The van der Waals surface area contributed by atoms with Gasteiger partial charge in [-0.15, -0.1) is 0 Å². The van der Waals surface area contributed by atoms with Gasteiger partial charge in [0, 0.05) is 5.56 Å². The first-order valence-electron chi connectivity index (χ1n) is 6.36. The molecule has 0 bridgehead atoms. The molecule has 1 aliphatic rings. The van der Waals surface area contributed by atoms with E-state index in [4.69, 9.17) is 0 Å². The van der Waals surface area contributed by atoms with Crippen molar-refractivity contribution in [3.8, 4) is 0 Å². The average Bonchev–Trinajstić information content (AvgIpc) is 2.89. The summed E-state index contributed by atoms with van der Waals surface area (Å²) >= 11 is 0. The third-order valence-corrected chi connectivity index (χ3v) is 3.59. The van der Waals surface area contributed by atoms with Crippen LogP contribution in [0.2, 0.25) is 0 Å². The van der Waals surface area contributed by atoms with Gasteiger partial charge in [-0.25, -0.2) is 0 Å². The number of benzene rings is 1. The minimum Gasteiger partial charge on any atom is -0.315 e. The van der Waals surface area contributed by atoms with Crippen LogP contribution in [-0.2, 0) is 9.59 Å². The van der Waals surface area contributed by atoms with E-state index in [0.717, 1.165) is 0 Å². The second-order valence-corrected chi connectivity index (χ2v) is 5.35. The van der Waals surface area contributed by atoms with Gasteiger partial charge in [0.2, 0.25) is 5.91 Å². The van der Waals surface area contributed by atoms with Gasteiger partial charge in [-0.1, -0.05) is 0 Å². The van der Waals surface area contributed by atoms with Gasteiger partial charge < -0.3 is 4.90 Å². The number of aromatic amines is 1. The highest BCUT2D eigenvalue weighted by atomic mass is 16.2. The van der Waals surface area contributed by atoms with Crippen LogP contribution in [0.15, 0.2) is 18.2 Å². The molecule has 0 atom stereocenters. The third-order valence-electron chi connectivity index (χ3n) is 3.59. The number of fused-ring (bicyclic) bond motifs is 1. The highest BCUT2D eigenvalue weighted by Gasteiger charge is 2.43. The Morgan fingerprint density at radius 1 is 1.24 bits per heavy atom. The predicted molar refractivity (Wildman–Crippen MR) is 72.2 cm³/mol. The van der Waals surface area contributed by atoms with Crippen molar-refractivity contribution in [2.24, 2.45) is 0 Å². The molecule has 0 aliphatic carbocycles. The van der Waals surface area contributed by atoms with Crippen LogP contribution < -0.4 is 5.32 Å². The topological polar surface area (TPSA) is 108 Å². The van der Waals surface area contributed by atoms with Gasteiger partial charge in [-0.3, -0.25) is 19.7 Å². The van der Waals surface area contributed by atoms with E-state index in [1.165, 1.54) is 4.90 Å². The lowest BCUT2D eigenvalue weighted by atomic mass is 9.97. The molecule has 0 radical (unpaired) electrons. The fourth-order valence-electron chi connectivity index (χ4n) is 2.24. The highest BCUT2D eigenvalue weighted by molar-refractivity contribution is 6.09. The molecular weight excluding hydrogens is 274 g/mol. The summed E-state index contributed by atoms with van der Waals surface area (Å²) in [7, 11) is 0. The largest absolute Gasteiger partial charge is 0.315 e. The minimum atomic E-state index is -1.09. The molecule has 108 valence electrons. The third kappa shape index (κ3) is 2.04. The van der Waals surface area contributed by atoms with Gasteiger partial charge in [0.25, 0.3) is 11.8 Å². The second kappa shape index (κ2) is 4.37. The van der Waals surface area contributed by atoms with Crippen molar-refractivity contribution < 1.29 is 14.4 Å². The van der Waals surface area contributed by atoms with E-state index in [9.17, 15) is 14.4 Å². The first-order chi connectivity index (χ1) is 9.89. The van der Waals surface area contributed by atoms with E-state index in [-0.39, 0.29) is 6.54 Å². The smallest absolute Gasteiger partial charge is 0.255 e. The van der Waals surface area contributed by atoms with Crippen LogP contribution in [0.25, 0.3) is 11.0 Å². The number of imide groups is 1. The lowest BCUT2D eigenvalue weighted by Gasteiger charge is -2.40. The van der Waals surface area contributed by atoms with Crippen LogP contribution in [-0.4, -0.2) is 50.1 Å². The number of hydrogen-bond donors (Lipinski definition) is 2. The molecule has 1 aliphatic heterocycles. The van der Waals surface area contributed by atoms with Crippen molar-refractivity contribution in [3.05, 3.63) is 23.8 Å². The van der Waals surface area contributed by atoms with Crippen molar-refractivity contribution in [1.29, 1.82) is 0 Å². The number of carbonyl (C=O) groups excluding carboxylic acids is 3. The summed E-state index contributed by atoms with van der Waals surface area (Å²) in [6, 6.07) is 4.83. The Morgan fingerprint density at radius 3 is 2.71 bits per heavy atom. The maximum Gasteiger partial charge on any atom is 0.255 e. The number of nitrogens with one attached hydrogen (secondary N) is 2. The Bertz CT molecular complexity index is 764. The van der Waals surface area contributed by atoms with E-state index in [1.807, 2.05) is 0 Å². The van der Waals surface area contributed by atoms with E-state index >= 15 is 0 Å². The lowest BCUT2D eigenvalue weighted by molar-refractivity contribution is -0.143. The molecule has 0 unspecified atom stereocenters. The Kier molecular flexibility index (Phi) is 2.75. The number of hydrogen-bond acceptors (Lipinski definition) is 5. The monoisotopic (exact) mass is 287 g/mol. The zero-order chi connectivity index (χ0) is 15.2. The molecule has 1 aromatic heterocycles. The summed E-state index contributed by atoms with van der Waals surface area (Å²) in [5, 5.41) is 12.5. The Morgan fingerprint density at radius 2 is 1.95 bits per heavy atom. The highest BCUT2D eigenvalue weighted by Crippen LogP contribution is 2.22. The first kappa shape index (κ1) is 13.2. The van der Waals surface area contributed by atoms with Crippen molar-refractivity contribution in [2.75, 3.05) is 6.54 Å². The number of H-pyrrole nitrogens is 1. The normalized spacial score (nSPS) is 17.9. The van der Waals surface area contributed by atoms with Gasteiger partial charge >= 0.3 is 0 Å². The van der Waals surface area contributed by atoms with Crippen LogP contribution in [0.5, 0.6) is 0 Å². The van der Waals surface area contributed by atoms with Gasteiger partial charge in [0.05, 0.1) is 0 Å². The molecule has 3 rings (SSSR count). The summed E-state index contributed by atoms with van der Waals surface area (Å²) in [5.74, 6) is -1.38. The maximum absolute atomic E-state index is 12.6. The van der Waals surface area contributed by atoms with E-state index < -0.39 is 23.3 Å². The van der Waals surface area contributed by atoms with Gasteiger partial charge in [-0.05, 0) is 32.0 Å². The lowest BCUT2D eigenvalue weighted by Crippen LogP contribution is -2.65. The van der Waals surface area contributed by atoms with Crippen molar-refractivity contribution in [2.45, 2.75) is 19.4 Å². The molecule has 2 aromatic rings. The van der Waals surface area contributed by atoms with Crippen LogP contribution in [0, 0.1) is 0 Å². The minimum absolute atomic E-state index is 0.158. The number of nitrogens with zero attached hydrogens (tertiary/aromatic N) is 3. The Labute approximate surface area is 119 Å². The van der Waals surface area contributed by atoms with Crippen LogP contribution in [0.4, 0.5) is 0 Å². The van der Waals surface area contributed by atoms with Crippen LogP contribution in [0.1, 0.15) is 24.2 Å². The number of carbonyl (C=O) groups is 3. The van der Waals surface area contributed by atoms with E-state index in [1.54, 1.807) is 32.0 Å². The molecule has 1 aromatic carbocycles. The average molecular weight is 287 g/mol. The summed E-state index contributed by atoms with van der Waals surface area (Å²) in [5.41, 5.74) is 0.445. The molecule has 8 heteroatoms. The van der Waals surface area contributed by atoms with Gasteiger partial charge in [-0.2, -0.15) is 15.4 Å². The fourth-order valence-corrected chi connectivity index (χ4v) is 2.24. The first-order valence-corrected chi connectivity index (χ1v) is 6.36. The number of piperazine rings is 1. The molecule has 1 fully saturated rings. The fraction of sp³-hybridized carbons (Fsp3) is 0.308. The second-order valence-electron chi connectivity index (χ2n) is 5.35. The molecule has 2 N–H and O–H groups in total. The van der Waals surface area contributed by atoms with Gasteiger partial charge in [0.15, 0.2) is 0 Å². The molecular formula is C13H13N5O3. The molecule has 1 saturated heterocycles. The summed E-state index contributed by atoms with van der Waals surface area (Å²) in [6.07, 6.45) is 0. The zero-order valence-electron chi connectivity index (χ0n) is 11.5. The van der Waals surface area contributed by atoms with Crippen molar-refractivity contribution in [3.63, 3.8) is 0 Å². The maximum atomic E-state index is 12.6. The molecule has 8 nitrogen and oxygen atoms in total. The number of rotatable bonds is 1. The van der Waals surface area contributed by atoms with Crippen molar-refractivity contribution in [1.82, 2.24) is 25.6 Å². The summed E-state index contributed by atoms with van der Waals surface area (Å²) < 4.78 is 0. The zero-order valence-corrected chi connectivity index (χ0v) is 11.5. The quantitative estimate of drug-likeness (QED) is 0.708. The van der Waals surface area contributed by atoms with Crippen molar-refractivity contribution >= 4 is 28.8 Å². The molecule has 2 heterocycles. The number of aromatic nitrogens is 3. The van der Waals surface area contributed by atoms with E-state index in [2.05, 4.69) is 20.7 Å². The summed E-state index contributed by atoms with van der Waals surface area (Å²) in [4.78, 5) is 37.3. The van der Waals surface area contributed by atoms with E-state index in [0.29, 0.717) is 16.6 Å². The molecule has 3 amide bonds. The molecule has 21 heavy (non-hydrogen) atoms.